The zero-order valence-electron chi connectivity index (χ0n) is 22.4. The topological polar surface area (TPSA) is 120 Å². The lowest BCUT2D eigenvalue weighted by atomic mass is 9.62. The maximum atomic E-state index is 13.8. The molecular formula is C29H39N5O4. The highest BCUT2D eigenvalue weighted by Crippen LogP contribution is 2.46. The summed E-state index contributed by atoms with van der Waals surface area (Å²) in [4.78, 5) is 38.9. The van der Waals surface area contributed by atoms with Crippen molar-refractivity contribution in [3.8, 4) is 5.88 Å². The number of likely N-dealkylation sites (N-methyl/N-ethyl adjacent to an activating group) is 1. The van der Waals surface area contributed by atoms with Crippen molar-refractivity contribution in [3.63, 3.8) is 0 Å². The number of aromatic nitrogens is 2. The quantitative estimate of drug-likeness (QED) is 0.342. The molecule has 2 saturated heterocycles. The predicted molar refractivity (Wildman–Crippen MR) is 142 cm³/mol. The number of carbonyl (C=O) groups excluding carboxylic acids is 2. The highest BCUT2D eigenvalue weighted by molar-refractivity contribution is 6.17. The Balaban J connectivity index is 1.42. The van der Waals surface area contributed by atoms with E-state index in [0.717, 1.165) is 56.3 Å². The van der Waals surface area contributed by atoms with Crippen LogP contribution in [0.2, 0.25) is 0 Å². The summed E-state index contributed by atoms with van der Waals surface area (Å²) in [6, 6.07) is 0.215. The molecule has 204 valence electrons. The normalized spacial score (nSPS) is 33.7. The van der Waals surface area contributed by atoms with Gasteiger partial charge >= 0.3 is 0 Å². The van der Waals surface area contributed by atoms with E-state index in [0.29, 0.717) is 62.7 Å². The fourth-order valence-corrected chi connectivity index (χ4v) is 7.30. The van der Waals surface area contributed by atoms with Crippen LogP contribution in [0.3, 0.4) is 0 Å². The van der Waals surface area contributed by atoms with Crippen molar-refractivity contribution in [2.24, 2.45) is 11.1 Å². The van der Waals surface area contributed by atoms with Crippen LogP contribution in [0.4, 0.5) is 0 Å². The van der Waals surface area contributed by atoms with Gasteiger partial charge in [-0.05, 0) is 71.0 Å². The van der Waals surface area contributed by atoms with Crippen molar-refractivity contribution < 1.29 is 19.1 Å². The van der Waals surface area contributed by atoms with Crippen molar-refractivity contribution >= 4 is 17.3 Å². The van der Waals surface area contributed by atoms with Crippen LogP contribution < -0.4 is 15.8 Å². The smallest absolute Gasteiger partial charge is 0.222 e. The molecule has 4 heterocycles. The number of carbonyl (C=O) groups is 2. The molecule has 1 unspecified atom stereocenters. The second kappa shape index (κ2) is 9.84. The lowest BCUT2D eigenvalue weighted by molar-refractivity contribution is -0.143. The Morgan fingerprint density at radius 1 is 1.21 bits per heavy atom. The van der Waals surface area contributed by atoms with Gasteiger partial charge in [0.25, 0.3) is 0 Å². The molecule has 0 bridgehead atoms. The molecule has 38 heavy (non-hydrogen) atoms. The average Bonchev–Trinajstić information content (AvgIpc) is 3.67. The Kier molecular flexibility index (Phi) is 6.64. The summed E-state index contributed by atoms with van der Waals surface area (Å²) in [5.74, 6) is 0.742. The molecule has 1 aromatic rings. The van der Waals surface area contributed by atoms with Gasteiger partial charge in [0.15, 0.2) is 11.6 Å². The summed E-state index contributed by atoms with van der Waals surface area (Å²) in [5, 5.41) is 3.60. The van der Waals surface area contributed by atoms with E-state index in [2.05, 4.69) is 23.8 Å². The summed E-state index contributed by atoms with van der Waals surface area (Å²) in [7, 11) is 2.11. The van der Waals surface area contributed by atoms with Crippen LogP contribution in [-0.4, -0.2) is 65.4 Å². The number of allylic oxidation sites excluding steroid dienone is 1. The summed E-state index contributed by atoms with van der Waals surface area (Å²) < 4.78 is 12.4. The Bertz CT molecular complexity index is 1190. The number of Topliss-reactive ketones (excluding diaryl/α,β-unsaturated/α-hetero) is 2. The van der Waals surface area contributed by atoms with Crippen molar-refractivity contribution in [2.45, 2.75) is 88.4 Å². The van der Waals surface area contributed by atoms with Crippen LogP contribution in [0, 0.1) is 5.41 Å². The molecule has 3 N–H and O–H groups in total. The fraction of sp³-hybridized carbons (Fsp3) is 0.655. The maximum Gasteiger partial charge on any atom is 0.222 e. The molecule has 6 rings (SSSR count). The van der Waals surface area contributed by atoms with Crippen LogP contribution in [0.25, 0.3) is 5.70 Å². The van der Waals surface area contributed by atoms with E-state index in [1.807, 2.05) is 6.08 Å². The minimum atomic E-state index is -0.921. The number of fused-ring (bicyclic) bond motifs is 2. The number of nitrogens with one attached hydrogen (secondary N) is 1. The first-order chi connectivity index (χ1) is 18.4. The summed E-state index contributed by atoms with van der Waals surface area (Å²) in [6.45, 7) is 6.81. The first kappa shape index (κ1) is 25.6. The summed E-state index contributed by atoms with van der Waals surface area (Å²) >= 11 is 0. The highest BCUT2D eigenvalue weighted by atomic mass is 16.5. The minimum absolute atomic E-state index is 0.0680. The Morgan fingerprint density at radius 3 is 2.76 bits per heavy atom. The molecule has 0 radical (unpaired) electrons. The number of likely N-dealkylation sites (tertiary alicyclic amines) is 1. The molecule has 0 aromatic carbocycles. The van der Waals surface area contributed by atoms with Crippen molar-refractivity contribution in [3.05, 3.63) is 35.3 Å². The lowest BCUT2D eigenvalue weighted by Gasteiger charge is -2.38. The van der Waals surface area contributed by atoms with Gasteiger partial charge in [-0.25, -0.2) is 4.98 Å². The third-order valence-electron chi connectivity index (χ3n) is 9.58. The van der Waals surface area contributed by atoms with E-state index in [1.165, 1.54) is 0 Å². The van der Waals surface area contributed by atoms with E-state index in [-0.39, 0.29) is 29.4 Å². The lowest BCUT2D eigenvalue weighted by Crippen LogP contribution is -2.45. The Hall–Kier alpha value is -2.62. The fourth-order valence-electron chi connectivity index (χ4n) is 7.30. The highest BCUT2D eigenvalue weighted by Gasteiger charge is 2.50. The largest absolute Gasteiger partial charge is 0.468 e. The third kappa shape index (κ3) is 4.01. The van der Waals surface area contributed by atoms with Gasteiger partial charge in [-0.15, -0.1) is 0 Å². The van der Waals surface area contributed by atoms with E-state index < -0.39 is 11.0 Å². The minimum Gasteiger partial charge on any atom is -0.468 e. The van der Waals surface area contributed by atoms with Gasteiger partial charge in [-0.3, -0.25) is 19.8 Å². The van der Waals surface area contributed by atoms with Crippen molar-refractivity contribution in [1.82, 2.24) is 20.2 Å². The van der Waals surface area contributed by atoms with Gasteiger partial charge in [-0.1, -0.05) is 13.0 Å². The number of ketones is 2. The van der Waals surface area contributed by atoms with E-state index in [4.69, 9.17) is 25.2 Å². The van der Waals surface area contributed by atoms with Crippen LogP contribution in [0.5, 0.6) is 5.88 Å². The SMILES string of the molecule is C=C[C@H](Oc1nc(/C(N)=C2\CCC[C@@]3(CCCCC3=O)C2=O)nc2c1CNC21CCOC1)[C@@H]1CCCN1C. The number of hydrogen-bond acceptors (Lipinski definition) is 9. The molecule has 1 aromatic heterocycles. The maximum absolute atomic E-state index is 13.8. The van der Waals surface area contributed by atoms with Gasteiger partial charge in [0.1, 0.15) is 11.9 Å². The molecule has 2 saturated carbocycles. The zero-order chi connectivity index (χ0) is 26.5. The van der Waals surface area contributed by atoms with Crippen molar-refractivity contribution in [2.75, 3.05) is 26.8 Å². The molecule has 5 aliphatic rings. The van der Waals surface area contributed by atoms with Gasteiger partial charge < -0.3 is 15.2 Å². The first-order valence-corrected chi connectivity index (χ1v) is 14.2. The number of rotatable bonds is 5. The summed E-state index contributed by atoms with van der Waals surface area (Å²) in [6.07, 6.45) is 9.28. The predicted octanol–water partition coefficient (Wildman–Crippen LogP) is 2.78. The molecular weight excluding hydrogens is 482 g/mol. The Morgan fingerprint density at radius 2 is 2.05 bits per heavy atom. The second-order valence-corrected chi connectivity index (χ2v) is 11.7. The molecule has 0 amide bonds. The van der Waals surface area contributed by atoms with Crippen molar-refractivity contribution in [1.29, 1.82) is 0 Å². The molecule has 9 heteroatoms. The summed E-state index contributed by atoms with van der Waals surface area (Å²) in [5.41, 5.74) is 7.93. The van der Waals surface area contributed by atoms with Crippen LogP contribution >= 0.6 is 0 Å². The van der Waals surface area contributed by atoms with E-state index in [1.54, 1.807) is 0 Å². The average molecular weight is 522 g/mol. The second-order valence-electron chi connectivity index (χ2n) is 11.7. The molecule has 3 aliphatic heterocycles. The molecule has 2 aliphatic carbocycles. The molecule has 9 nitrogen and oxygen atoms in total. The molecule has 4 fully saturated rings. The number of ether oxygens (including phenoxy) is 2. The monoisotopic (exact) mass is 521 g/mol. The van der Waals surface area contributed by atoms with Crippen LogP contribution in [0.1, 0.15) is 81.3 Å². The standard InChI is InChI=1S/C29H39N5O4/c1-3-21(20-9-7-14-34(20)2)38-27-19-16-31-29(13-15-37-17-29)24(19)32-26(33-27)23(30)18-8-6-12-28(25(18)36)11-5-4-10-22(28)35/h3,20-21,31H,1,4-17,30H2,2H3/b23-18-/t20-,21-,28+,29?/m0/s1. The van der Waals surface area contributed by atoms with Gasteiger partial charge in [0, 0.05) is 25.1 Å². The van der Waals surface area contributed by atoms with Gasteiger partial charge in [0.05, 0.1) is 40.6 Å². The zero-order valence-corrected chi connectivity index (χ0v) is 22.4. The first-order valence-electron chi connectivity index (χ1n) is 14.2. The van der Waals surface area contributed by atoms with Crippen LogP contribution in [0.15, 0.2) is 18.2 Å². The number of nitrogens with two attached hydrogens (primary N) is 1. The molecule has 2 spiro atoms. The van der Waals surface area contributed by atoms with Gasteiger partial charge in [-0.2, -0.15) is 4.98 Å². The van der Waals surface area contributed by atoms with Crippen LogP contribution in [-0.2, 0) is 26.4 Å². The van der Waals surface area contributed by atoms with E-state index in [9.17, 15) is 9.59 Å². The third-order valence-corrected chi connectivity index (χ3v) is 9.58. The number of hydrogen-bond donors (Lipinski definition) is 2. The number of nitrogens with zero attached hydrogens (tertiary/aromatic N) is 3. The van der Waals surface area contributed by atoms with E-state index >= 15 is 0 Å². The molecule has 4 atom stereocenters. The Labute approximate surface area is 224 Å². The van der Waals surface area contributed by atoms with Gasteiger partial charge in [0.2, 0.25) is 5.88 Å².